The Morgan fingerprint density at radius 3 is 2.35 bits per heavy atom. The summed E-state index contributed by atoms with van der Waals surface area (Å²) in [4.78, 5) is 12.3. The van der Waals surface area contributed by atoms with E-state index in [2.05, 4.69) is 17.2 Å². The van der Waals surface area contributed by atoms with Crippen molar-refractivity contribution in [1.82, 2.24) is 0 Å². The molecular weight excluding hydrogens is 392 g/mol. The first-order valence-corrected chi connectivity index (χ1v) is 10.0. The minimum Gasteiger partial charge on any atom is -0.490 e. The fraction of sp³-hybridized carbons (Fsp3) is 0.160. The van der Waals surface area contributed by atoms with Gasteiger partial charge in [0.25, 0.3) is 0 Å². The fourth-order valence-corrected chi connectivity index (χ4v) is 2.77. The second-order valence-corrected chi connectivity index (χ2v) is 6.54. The van der Waals surface area contributed by atoms with Gasteiger partial charge in [-0.3, -0.25) is 4.79 Å². The van der Waals surface area contributed by atoms with Crippen LogP contribution in [-0.2, 0) is 4.79 Å². The Labute approximate surface area is 182 Å². The van der Waals surface area contributed by atoms with Gasteiger partial charge in [0.05, 0.1) is 12.2 Å². The van der Waals surface area contributed by atoms with Crippen molar-refractivity contribution in [2.24, 2.45) is 0 Å². The van der Waals surface area contributed by atoms with Gasteiger partial charge < -0.3 is 24.8 Å². The van der Waals surface area contributed by atoms with E-state index < -0.39 is 0 Å². The summed E-state index contributed by atoms with van der Waals surface area (Å²) in [5.74, 6) is 1.95. The van der Waals surface area contributed by atoms with E-state index in [4.69, 9.17) is 14.2 Å². The van der Waals surface area contributed by atoms with Crippen LogP contribution in [0.5, 0.6) is 17.2 Å². The van der Waals surface area contributed by atoms with Crippen LogP contribution in [0.1, 0.15) is 0 Å². The molecule has 0 saturated carbocycles. The van der Waals surface area contributed by atoms with Gasteiger partial charge in [-0.25, -0.2) is 0 Å². The van der Waals surface area contributed by atoms with Crippen LogP contribution in [0.2, 0.25) is 0 Å². The first-order chi connectivity index (χ1) is 15.2. The smallest absolute Gasteiger partial charge is 0.243 e. The molecule has 1 amide bonds. The summed E-state index contributed by atoms with van der Waals surface area (Å²) < 4.78 is 16.9. The van der Waals surface area contributed by atoms with Gasteiger partial charge >= 0.3 is 0 Å². The van der Waals surface area contributed by atoms with Gasteiger partial charge in [-0.15, -0.1) is 0 Å². The minimum absolute atomic E-state index is 0.102. The highest BCUT2D eigenvalue weighted by Crippen LogP contribution is 2.23. The molecule has 2 N–H and O–H groups in total. The Balaban J connectivity index is 1.44. The Hall–Kier alpha value is -3.93. The number of hydrogen-bond donors (Lipinski definition) is 2. The molecule has 3 aromatic rings. The molecular formula is C25H26N2O4. The van der Waals surface area contributed by atoms with E-state index in [1.165, 1.54) is 0 Å². The number of benzene rings is 3. The maximum Gasteiger partial charge on any atom is 0.243 e. The summed E-state index contributed by atoms with van der Waals surface area (Å²) in [6, 6.07) is 24.3. The van der Waals surface area contributed by atoms with Crippen LogP contribution >= 0.6 is 0 Å². The Bertz CT molecular complexity index is 976. The zero-order valence-electron chi connectivity index (χ0n) is 17.3. The predicted molar refractivity (Wildman–Crippen MR) is 123 cm³/mol. The lowest BCUT2D eigenvalue weighted by molar-refractivity contribution is -0.114. The van der Waals surface area contributed by atoms with Crippen LogP contribution in [0.4, 0.5) is 11.4 Å². The average Bonchev–Trinajstić information content (AvgIpc) is 2.80. The molecule has 0 spiro atoms. The molecule has 0 aromatic heterocycles. The Morgan fingerprint density at radius 2 is 1.55 bits per heavy atom. The van der Waals surface area contributed by atoms with Gasteiger partial charge in [-0.2, -0.15) is 0 Å². The number of carbonyl (C=O) groups is 1. The number of rotatable bonds is 12. The maximum atomic E-state index is 12.3. The highest BCUT2D eigenvalue weighted by Gasteiger charge is 2.07. The van der Waals surface area contributed by atoms with Crippen LogP contribution < -0.4 is 24.8 Å². The summed E-state index contributed by atoms with van der Waals surface area (Å²) in [6.07, 6.45) is 1.67. The van der Waals surface area contributed by atoms with E-state index in [9.17, 15) is 4.79 Å². The van der Waals surface area contributed by atoms with Gasteiger partial charge in [0.1, 0.15) is 37.1 Å². The summed E-state index contributed by atoms with van der Waals surface area (Å²) in [6.45, 7) is 4.97. The molecule has 0 saturated heterocycles. The SMILES string of the molecule is C=CCOc1ccccc1NCC(=O)Nc1cccc(OCCOc2ccccc2)c1. The van der Waals surface area contributed by atoms with Crippen LogP contribution in [0.15, 0.2) is 91.5 Å². The molecule has 0 atom stereocenters. The number of amides is 1. The molecule has 0 heterocycles. The number of nitrogens with one attached hydrogen (secondary N) is 2. The summed E-state index contributed by atoms with van der Waals surface area (Å²) in [7, 11) is 0. The highest BCUT2D eigenvalue weighted by molar-refractivity contribution is 5.94. The standard InChI is InChI=1S/C25H26N2O4/c1-2-15-31-24-14-7-6-13-23(24)26-19-25(28)27-20-9-8-12-22(18-20)30-17-16-29-21-10-4-3-5-11-21/h2-14,18,26H,1,15-17,19H2,(H,27,28). The molecule has 0 radical (unpaired) electrons. The predicted octanol–water partition coefficient (Wildman–Crippen LogP) is 4.76. The maximum absolute atomic E-state index is 12.3. The van der Waals surface area contributed by atoms with E-state index in [-0.39, 0.29) is 12.5 Å². The van der Waals surface area contributed by atoms with Crippen molar-refractivity contribution in [3.8, 4) is 17.2 Å². The lowest BCUT2D eigenvalue weighted by Gasteiger charge is -2.13. The van der Waals surface area contributed by atoms with Crippen LogP contribution in [0.3, 0.4) is 0 Å². The molecule has 3 aromatic carbocycles. The third kappa shape index (κ3) is 7.44. The first-order valence-electron chi connectivity index (χ1n) is 10.0. The van der Waals surface area contributed by atoms with E-state index in [0.717, 1.165) is 11.4 Å². The normalized spacial score (nSPS) is 10.1. The zero-order valence-corrected chi connectivity index (χ0v) is 17.3. The van der Waals surface area contributed by atoms with Crippen molar-refractivity contribution < 1.29 is 19.0 Å². The van der Waals surface area contributed by atoms with Crippen molar-refractivity contribution in [1.29, 1.82) is 0 Å². The lowest BCUT2D eigenvalue weighted by Crippen LogP contribution is -2.22. The van der Waals surface area contributed by atoms with Crippen LogP contribution in [0.25, 0.3) is 0 Å². The summed E-state index contributed by atoms with van der Waals surface area (Å²) >= 11 is 0. The Kier molecular flexibility index (Phi) is 8.37. The molecule has 0 aliphatic carbocycles. The van der Waals surface area contributed by atoms with Crippen LogP contribution in [0, 0.1) is 0 Å². The molecule has 3 rings (SSSR count). The van der Waals surface area contributed by atoms with Gasteiger partial charge in [0, 0.05) is 11.8 Å². The fourth-order valence-electron chi connectivity index (χ4n) is 2.77. The number of hydrogen-bond acceptors (Lipinski definition) is 5. The van der Waals surface area contributed by atoms with Gasteiger partial charge in [-0.1, -0.05) is 49.1 Å². The quantitative estimate of drug-likeness (QED) is 0.328. The molecule has 0 fully saturated rings. The number of carbonyl (C=O) groups excluding carboxylic acids is 1. The summed E-state index contributed by atoms with van der Waals surface area (Å²) in [5.41, 5.74) is 1.40. The van der Waals surface area contributed by atoms with E-state index in [1.54, 1.807) is 12.1 Å². The number of anilines is 2. The molecule has 0 aliphatic rings. The average molecular weight is 418 g/mol. The molecule has 0 aliphatic heterocycles. The van der Waals surface area contributed by atoms with Crippen molar-refractivity contribution in [2.75, 3.05) is 37.0 Å². The van der Waals surface area contributed by atoms with Gasteiger partial charge in [-0.05, 0) is 36.4 Å². The van der Waals surface area contributed by atoms with Crippen molar-refractivity contribution in [3.05, 3.63) is 91.5 Å². The van der Waals surface area contributed by atoms with Gasteiger partial charge in [0.15, 0.2) is 0 Å². The van der Waals surface area contributed by atoms with Crippen molar-refractivity contribution >= 4 is 17.3 Å². The third-order valence-corrected chi connectivity index (χ3v) is 4.16. The monoisotopic (exact) mass is 418 g/mol. The minimum atomic E-state index is -0.178. The molecule has 31 heavy (non-hydrogen) atoms. The largest absolute Gasteiger partial charge is 0.490 e. The lowest BCUT2D eigenvalue weighted by atomic mass is 10.3. The molecule has 160 valence electrons. The van der Waals surface area contributed by atoms with E-state index in [1.807, 2.05) is 72.8 Å². The Morgan fingerprint density at radius 1 is 0.839 bits per heavy atom. The topological polar surface area (TPSA) is 68.8 Å². The zero-order chi connectivity index (χ0) is 21.7. The van der Waals surface area contributed by atoms with Crippen LogP contribution in [-0.4, -0.2) is 32.3 Å². The third-order valence-electron chi connectivity index (χ3n) is 4.16. The number of ether oxygens (including phenoxy) is 3. The van der Waals surface area contributed by atoms with Crippen molar-refractivity contribution in [2.45, 2.75) is 0 Å². The molecule has 6 nitrogen and oxygen atoms in total. The van der Waals surface area contributed by atoms with E-state index in [0.29, 0.717) is 37.0 Å². The molecule has 0 bridgehead atoms. The highest BCUT2D eigenvalue weighted by atomic mass is 16.5. The molecule has 0 unspecified atom stereocenters. The second-order valence-electron chi connectivity index (χ2n) is 6.54. The first kappa shape index (κ1) is 21.8. The second kappa shape index (κ2) is 11.9. The van der Waals surface area contributed by atoms with E-state index >= 15 is 0 Å². The van der Waals surface area contributed by atoms with Gasteiger partial charge in [0.2, 0.25) is 5.91 Å². The van der Waals surface area contributed by atoms with Crippen molar-refractivity contribution in [3.63, 3.8) is 0 Å². The number of para-hydroxylation sites is 3. The summed E-state index contributed by atoms with van der Waals surface area (Å²) in [5, 5.41) is 5.96. The molecule has 6 heteroatoms.